The SMILES string of the molecule is COc1ccc2cc(C(N)c3ccccc3Cl)oc2c1. The second kappa shape index (κ2) is 5.19. The second-order valence-corrected chi connectivity index (χ2v) is 4.96. The van der Waals surface area contributed by atoms with E-state index in [1.807, 2.05) is 48.5 Å². The quantitative estimate of drug-likeness (QED) is 0.787. The van der Waals surface area contributed by atoms with Crippen molar-refractivity contribution in [2.45, 2.75) is 6.04 Å². The van der Waals surface area contributed by atoms with Crippen molar-refractivity contribution in [3.63, 3.8) is 0 Å². The first-order valence-electron chi connectivity index (χ1n) is 6.26. The van der Waals surface area contributed by atoms with E-state index in [1.54, 1.807) is 7.11 Å². The highest BCUT2D eigenvalue weighted by Crippen LogP contribution is 2.31. The van der Waals surface area contributed by atoms with Crippen LogP contribution < -0.4 is 10.5 Å². The van der Waals surface area contributed by atoms with E-state index in [4.69, 9.17) is 26.5 Å². The second-order valence-electron chi connectivity index (χ2n) is 4.55. The zero-order valence-electron chi connectivity index (χ0n) is 11.0. The fourth-order valence-corrected chi connectivity index (χ4v) is 2.45. The van der Waals surface area contributed by atoms with Crippen LogP contribution in [-0.4, -0.2) is 7.11 Å². The lowest BCUT2D eigenvalue weighted by Gasteiger charge is -2.10. The molecule has 0 spiro atoms. The largest absolute Gasteiger partial charge is 0.497 e. The van der Waals surface area contributed by atoms with Gasteiger partial charge >= 0.3 is 0 Å². The monoisotopic (exact) mass is 287 g/mol. The summed E-state index contributed by atoms with van der Waals surface area (Å²) < 4.78 is 11.0. The number of furan rings is 1. The lowest BCUT2D eigenvalue weighted by atomic mass is 10.1. The van der Waals surface area contributed by atoms with Crippen LogP contribution in [0.25, 0.3) is 11.0 Å². The molecule has 20 heavy (non-hydrogen) atoms. The minimum absolute atomic E-state index is 0.387. The number of hydrogen-bond donors (Lipinski definition) is 1. The zero-order chi connectivity index (χ0) is 14.1. The predicted octanol–water partition coefficient (Wildman–Crippen LogP) is 4.14. The summed E-state index contributed by atoms with van der Waals surface area (Å²) in [5.74, 6) is 1.44. The van der Waals surface area contributed by atoms with Crippen molar-refractivity contribution < 1.29 is 9.15 Å². The van der Waals surface area contributed by atoms with Gasteiger partial charge in [0.05, 0.1) is 13.2 Å². The molecule has 3 aromatic rings. The summed E-state index contributed by atoms with van der Waals surface area (Å²) in [6.07, 6.45) is 0. The number of fused-ring (bicyclic) bond motifs is 1. The van der Waals surface area contributed by atoms with Gasteiger partial charge in [0, 0.05) is 16.5 Å². The van der Waals surface area contributed by atoms with Crippen molar-refractivity contribution in [2.24, 2.45) is 5.73 Å². The molecule has 2 N–H and O–H groups in total. The van der Waals surface area contributed by atoms with E-state index in [0.717, 1.165) is 22.3 Å². The molecule has 0 bridgehead atoms. The lowest BCUT2D eigenvalue weighted by Crippen LogP contribution is -2.11. The van der Waals surface area contributed by atoms with E-state index in [2.05, 4.69) is 0 Å². The first kappa shape index (κ1) is 13.0. The summed E-state index contributed by atoms with van der Waals surface area (Å²) in [6, 6.07) is 14.7. The number of halogens is 1. The van der Waals surface area contributed by atoms with Crippen LogP contribution in [-0.2, 0) is 0 Å². The average molecular weight is 288 g/mol. The lowest BCUT2D eigenvalue weighted by molar-refractivity contribution is 0.414. The van der Waals surface area contributed by atoms with E-state index in [9.17, 15) is 0 Å². The molecular formula is C16H14ClNO2. The van der Waals surface area contributed by atoms with Gasteiger partial charge in [-0.25, -0.2) is 0 Å². The molecule has 0 amide bonds. The van der Waals surface area contributed by atoms with E-state index < -0.39 is 0 Å². The third-order valence-electron chi connectivity index (χ3n) is 3.29. The summed E-state index contributed by atoms with van der Waals surface area (Å²) in [7, 11) is 1.63. The van der Waals surface area contributed by atoms with Crippen LogP contribution in [0.3, 0.4) is 0 Å². The molecular weight excluding hydrogens is 274 g/mol. The van der Waals surface area contributed by atoms with E-state index in [-0.39, 0.29) is 6.04 Å². The Bertz CT molecular complexity index is 751. The predicted molar refractivity (Wildman–Crippen MR) is 80.2 cm³/mol. The number of nitrogens with two attached hydrogens (primary N) is 1. The summed E-state index contributed by atoms with van der Waals surface area (Å²) in [6.45, 7) is 0. The van der Waals surface area contributed by atoms with Crippen molar-refractivity contribution >= 4 is 22.6 Å². The molecule has 2 aromatic carbocycles. The summed E-state index contributed by atoms with van der Waals surface area (Å²) in [5, 5.41) is 1.63. The fraction of sp³-hybridized carbons (Fsp3) is 0.125. The number of hydrogen-bond acceptors (Lipinski definition) is 3. The van der Waals surface area contributed by atoms with Gasteiger partial charge in [-0.1, -0.05) is 29.8 Å². The summed E-state index contributed by atoms with van der Waals surface area (Å²) in [5.41, 5.74) is 7.84. The fourth-order valence-electron chi connectivity index (χ4n) is 2.19. The van der Waals surface area contributed by atoms with E-state index in [1.165, 1.54) is 0 Å². The minimum Gasteiger partial charge on any atom is -0.497 e. The average Bonchev–Trinajstić information content (AvgIpc) is 2.89. The number of rotatable bonds is 3. The molecule has 0 radical (unpaired) electrons. The molecule has 1 aromatic heterocycles. The van der Waals surface area contributed by atoms with Gasteiger partial charge in [0.15, 0.2) is 0 Å². The van der Waals surface area contributed by atoms with Crippen molar-refractivity contribution in [3.05, 3.63) is 64.9 Å². The van der Waals surface area contributed by atoms with E-state index in [0.29, 0.717) is 10.8 Å². The van der Waals surface area contributed by atoms with Crippen LogP contribution in [0.5, 0.6) is 5.75 Å². The Labute approximate surface area is 121 Å². The molecule has 0 fully saturated rings. The third-order valence-corrected chi connectivity index (χ3v) is 3.64. The Kier molecular flexibility index (Phi) is 3.38. The van der Waals surface area contributed by atoms with Gasteiger partial charge in [-0.2, -0.15) is 0 Å². The van der Waals surface area contributed by atoms with Crippen LogP contribution >= 0.6 is 11.6 Å². The maximum absolute atomic E-state index is 6.24. The van der Waals surface area contributed by atoms with Gasteiger partial charge in [-0.15, -0.1) is 0 Å². The van der Waals surface area contributed by atoms with Crippen LogP contribution in [0.4, 0.5) is 0 Å². The molecule has 0 saturated carbocycles. The molecule has 3 rings (SSSR count). The topological polar surface area (TPSA) is 48.4 Å². The first-order chi connectivity index (χ1) is 9.69. The Balaban J connectivity index is 2.04. The molecule has 1 unspecified atom stereocenters. The molecule has 3 nitrogen and oxygen atoms in total. The van der Waals surface area contributed by atoms with Crippen molar-refractivity contribution in [1.82, 2.24) is 0 Å². The van der Waals surface area contributed by atoms with E-state index >= 15 is 0 Å². The first-order valence-corrected chi connectivity index (χ1v) is 6.64. The van der Waals surface area contributed by atoms with Gasteiger partial charge in [-0.05, 0) is 29.8 Å². The highest BCUT2D eigenvalue weighted by Gasteiger charge is 2.16. The Hall–Kier alpha value is -1.97. The maximum atomic E-state index is 6.24. The van der Waals surface area contributed by atoms with Crippen LogP contribution in [0, 0.1) is 0 Å². The van der Waals surface area contributed by atoms with Crippen molar-refractivity contribution in [1.29, 1.82) is 0 Å². The normalized spacial score (nSPS) is 12.6. The van der Waals surface area contributed by atoms with Gasteiger partial charge < -0.3 is 14.9 Å². The zero-order valence-corrected chi connectivity index (χ0v) is 11.7. The van der Waals surface area contributed by atoms with Gasteiger partial charge in [0.2, 0.25) is 0 Å². The van der Waals surface area contributed by atoms with Crippen molar-refractivity contribution in [2.75, 3.05) is 7.11 Å². The maximum Gasteiger partial charge on any atom is 0.138 e. The third kappa shape index (κ3) is 2.26. The Morgan fingerprint density at radius 1 is 1.15 bits per heavy atom. The minimum atomic E-state index is -0.387. The van der Waals surface area contributed by atoms with Crippen LogP contribution in [0.2, 0.25) is 5.02 Å². The van der Waals surface area contributed by atoms with Gasteiger partial charge in [-0.3, -0.25) is 0 Å². The van der Waals surface area contributed by atoms with Crippen LogP contribution in [0.1, 0.15) is 17.4 Å². The van der Waals surface area contributed by atoms with Crippen LogP contribution in [0.15, 0.2) is 52.9 Å². The molecule has 4 heteroatoms. The number of ether oxygens (including phenoxy) is 1. The molecule has 1 heterocycles. The highest BCUT2D eigenvalue weighted by atomic mass is 35.5. The smallest absolute Gasteiger partial charge is 0.138 e. The standard InChI is InChI=1S/C16H14ClNO2/c1-19-11-7-6-10-8-15(20-14(10)9-11)16(18)12-4-2-3-5-13(12)17/h2-9,16H,18H2,1H3. The molecule has 1 atom stereocenters. The molecule has 0 aliphatic heterocycles. The molecule has 102 valence electrons. The molecule has 0 aliphatic carbocycles. The van der Waals surface area contributed by atoms with Gasteiger partial charge in [0.1, 0.15) is 17.1 Å². The summed E-state index contributed by atoms with van der Waals surface area (Å²) in [4.78, 5) is 0. The number of methoxy groups -OCH3 is 1. The molecule has 0 saturated heterocycles. The number of benzene rings is 2. The Morgan fingerprint density at radius 2 is 1.95 bits per heavy atom. The highest BCUT2D eigenvalue weighted by molar-refractivity contribution is 6.31. The summed E-state index contributed by atoms with van der Waals surface area (Å²) >= 11 is 6.17. The van der Waals surface area contributed by atoms with Crippen molar-refractivity contribution in [3.8, 4) is 5.75 Å². The Morgan fingerprint density at radius 3 is 2.70 bits per heavy atom. The molecule has 0 aliphatic rings. The van der Waals surface area contributed by atoms with Gasteiger partial charge in [0.25, 0.3) is 0 Å².